The molecule has 2 aromatic rings. The molecule has 0 spiro atoms. The number of hydrogen-bond donors (Lipinski definition) is 0. The minimum absolute atomic E-state index is 0.397. The summed E-state index contributed by atoms with van der Waals surface area (Å²) in [5, 5.41) is 10.3. The molecule has 1 aromatic heterocycles. The molecule has 21 heavy (non-hydrogen) atoms. The van der Waals surface area contributed by atoms with Gasteiger partial charge in [0.25, 0.3) is 0 Å². The van der Waals surface area contributed by atoms with E-state index in [1.165, 1.54) is 0 Å². The number of rotatable bonds is 7. The van der Waals surface area contributed by atoms with Gasteiger partial charge in [-0.05, 0) is 43.0 Å². The number of unbranched alkanes of at least 4 members (excludes halogenated alkanes) is 1. The Balaban J connectivity index is 2.39. The smallest absolute Gasteiger partial charge is 0.107 e. The molecule has 0 bridgehead atoms. The van der Waals surface area contributed by atoms with E-state index in [9.17, 15) is 5.26 Å². The van der Waals surface area contributed by atoms with Gasteiger partial charge in [-0.3, -0.25) is 4.98 Å². The minimum Gasteiger partial charge on any atom is -0.255 e. The molecule has 2 rings (SSSR count). The third-order valence-electron chi connectivity index (χ3n) is 3.37. The quantitative estimate of drug-likeness (QED) is 0.439. The van der Waals surface area contributed by atoms with Crippen molar-refractivity contribution in [3.8, 4) is 6.07 Å². The molecule has 1 heterocycles. The Bertz CT molecular complexity index is 647. The zero-order valence-electron chi connectivity index (χ0n) is 12.6. The topological polar surface area (TPSA) is 55.1 Å². The first-order chi connectivity index (χ1) is 10.3. The van der Waals surface area contributed by atoms with Crippen molar-refractivity contribution in [1.29, 1.82) is 5.26 Å². The SMILES string of the molecule is CCCCc1c(C#N)cnc2ccc(COOCC)cc12. The van der Waals surface area contributed by atoms with Crippen LogP contribution in [-0.2, 0) is 22.8 Å². The standard InChI is InChI=1S/C17H20N2O2/c1-3-5-6-15-14(10-18)11-19-17-8-7-13(9-16(15)17)12-21-20-4-2/h7-9,11H,3-6,12H2,1-2H3. The van der Waals surface area contributed by atoms with Gasteiger partial charge in [0, 0.05) is 11.6 Å². The van der Waals surface area contributed by atoms with E-state index in [1.54, 1.807) is 6.20 Å². The Morgan fingerprint density at radius 3 is 2.81 bits per heavy atom. The predicted octanol–water partition coefficient (Wildman–Crippen LogP) is 3.92. The summed E-state index contributed by atoms with van der Waals surface area (Å²) in [6, 6.07) is 8.24. The first kappa shape index (κ1) is 15.4. The molecule has 4 nitrogen and oxygen atoms in total. The lowest BCUT2D eigenvalue weighted by atomic mass is 9.98. The van der Waals surface area contributed by atoms with Crippen LogP contribution in [0.15, 0.2) is 24.4 Å². The normalized spacial score (nSPS) is 10.7. The molecule has 0 radical (unpaired) electrons. The molecule has 0 unspecified atom stereocenters. The minimum atomic E-state index is 0.397. The van der Waals surface area contributed by atoms with Gasteiger partial charge < -0.3 is 0 Å². The lowest BCUT2D eigenvalue weighted by Gasteiger charge is -2.10. The number of nitrogens with zero attached hydrogens (tertiary/aromatic N) is 2. The van der Waals surface area contributed by atoms with Gasteiger partial charge in [-0.25, -0.2) is 9.78 Å². The molecule has 0 amide bonds. The van der Waals surface area contributed by atoms with Crippen LogP contribution in [0.4, 0.5) is 0 Å². The average Bonchev–Trinajstić information content (AvgIpc) is 2.52. The van der Waals surface area contributed by atoms with E-state index in [0.29, 0.717) is 18.8 Å². The van der Waals surface area contributed by atoms with Crippen LogP contribution in [0, 0.1) is 11.3 Å². The van der Waals surface area contributed by atoms with E-state index in [4.69, 9.17) is 9.78 Å². The molecule has 0 saturated carbocycles. The lowest BCUT2D eigenvalue weighted by Crippen LogP contribution is -1.98. The Hall–Kier alpha value is -1.96. The second-order valence-corrected chi connectivity index (χ2v) is 4.89. The Morgan fingerprint density at radius 1 is 1.24 bits per heavy atom. The van der Waals surface area contributed by atoms with Crippen LogP contribution in [0.3, 0.4) is 0 Å². The van der Waals surface area contributed by atoms with Crippen molar-refractivity contribution in [2.24, 2.45) is 0 Å². The Labute approximate surface area is 125 Å². The highest BCUT2D eigenvalue weighted by Gasteiger charge is 2.09. The fraction of sp³-hybridized carbons (Fsp3) is 0.412. The van der Waals surface area contributed by atoms with Crippen molar-refractivity contribution in [3.63, 3.8) is 0 Å². The zero-order chi connectivity index (χ0) is 15.1. The van der Waals surface area contributed by atoms with Crippen molar-refractivity contribution in [2.45, 2.75) is 39.7 Å². The second kappa shape index (κ2) is 7.72. The van der Waals surface area contributed by atoms with Gasteiger partial charge in [-0.1, -0.05) is 19.4 Å². The van der Waals surface area contributed by atoms with Crippen LogP contribution in [0.2, 0.25) is 0 Å². The van der Waals surface area contributed by atoms with Crippen LogP contribution in [-0.4, -0.2) is 11.6 Å². The second-order valence-electron chi connectivity index (χ2n) is 4.89. The maximum atomic E-state index is 9.29. The van der Waals surface area contributed by atoms with Crippen LogP contribution in [0.1, 0.15) is 43.4 Å². The van der Waals surface area contributed by atoms with Gasteiger partial charge in [0.2, 0.25) is 0 Å². The van der Waals surface area contributed by atoms with Crippen molar-refractivity contribution in [1.82, 2.24) is 4.98 Å². The molecule has 0 aliphatic heterocycles. The molecule has 4 heteroatoms. The predicted molar refractivity (Wildman–Crippen MR) is 81.5 cm³/mol. The van der Waals surface area contributed by atoms with Gasteiger partial charge in [-0.2, -0.15) is 5.26 Å². The number of aryl methyl sites for hydroxylation is 1. The van der Waals surface area contributed by atoms with E-state index in [0.717, 1.165) is 41.3 Å². The molecule has 0 atom stereocenters. The van der Waals surface area contributed by atoms with Crippen molar-refractivity contribution < 1.29 is 9.78 Å². The van der Waals surface area contributed by atoms with Crippen LogP contribution < -0.4 is 0 Å². The summed E-state index contributed by atoms with van der Waals surface area (Å²) in [6.07, 6.45) is 4.73. The molecular weight excluding hydrogens is 264 g/mol. The van der Waals surface area contributed by atoms with Crippen molar-refractivity contribution in [3.05, 3.63) is 41.1 Å². The number of nitriles is 1. The summed E-state index contributed by atoms with van der Waals surface area (Å²) in [5.74, 6) is 0. The van der Waals surface area contributed by atoms with Crippen LogP contribution >= 0.6 is 0 Å². The number of hydrogen-bond acceptors (Lipinski definition) is 4. The number of fused-ring (bicyclic) bond motifs is 1. The van der Waals surface area contributed by atoms with Gasteiger partial charge in [-0.15, -0.1) is 0 Å². The summed E-state index contributed by atoms with van der Waals surface area (Å²) in [7, 11) is 0. The fourth-order valence-electron chi connectivity index (χ4n) is 2.30. The number of aromatic nitrogens is 1. The van der Waals surface area contributed by atoms with E-state index in [1.807, 2.05) is 25.1 Å². The van der Waals surface area contributed by atoms with E-state index in [-0.39, 0.29) is 0 Å². The maximum absolute atomic E-state index is 9.29. The molecular formula is C17H20N2O2. The molecule has 0 N–H and O–H groups in total. The summed E-state index contributed by atoms with van der Waals surface area (Å²) < 4.78 is 0. The third kappa shape index (κ3) is 3.78. The summed E-state index contributed by atoms with van der Waals surface area (Å²) in [4.78, 5) is 14.4. The number of pyridine rings is 1. The molecule has 0 fully saturated rings. The molecule has 1 aromatic carbocycles. The lowest BCUT2D eigenvalue weighted by molar-refractivity contribution is -0.300. The summed E-state index contributed by atoms with van der Waals surface area (Å²) in [5.41, 5.74) is 3.69. The monoisotopic (exact) mass is 284 g/mol. The highest BCUT2D eigenvalue weighted by molar-refractivity contribution is 5.84. The highest BCUT2D eigenvalue weighted by Crippen LogP contribution is 2.24. The third-order valence-corrected chi connectivity index (χ3v) is 3.37. The zero-order valence-corrected chi connectivity index (χ0v) is 12.6. The molecule has 110 valence electrons. The Kier molecular flexibility index (Phi) is 5.68. The van der Waals surface area contributed by atoms with Gasteiger partial charge in [0.05, 0.1) is 17.7 Å². The van der Waals surface area contributed by atoms with Crippen molar-refractivity contribution >= 4 is 10.9 Å². The fourth-order valence-corrected chi connectivity index (χ4v) is 2.30. The van der Waals surface area contributed by atoms with Gasteiger partial charge in [0.1, 0.15) is 12.7 Å². The molecule has 0 saturated heterocycles. The van der Waals surface area contributed by atoms with Crippen LogP contribution in [0.5, 0.6) is 0 Å². The average molecular weight is 284 g/mol. The molecule has 0 aliphatic carbocycles. The maximum Gasteiger partial charge on any atom is 0.107 e. The summed E-state index contributed by atoms with van der Waals surface area (Å²) in [6.45, 7) is 4.95. The van der Waals surface area contributed by atoms with E-state index in [2.05, 4.69) is 18.0 Å². The Morgan fingerprint density at radius 2 is 2.10 bits per heavy atom. The highest BCUT2D eigenvalue weighted by atomic mass is 17.2. The first-order valence-corrected chi connectivity index (χ1v) is 7.35. The first-order valence-electron chi connectivity index (χ1n) is 7.35. The van der Waals surface area contributed by atoms with Crippen molar-refractivity contribution in [2.75, 3.05) is 6.61 Å². The van der Waals surface area contributed by atoms with Gasteiger partial charge in [0.15, 0.2) is 0 Å². The molecule has 0 aliphatic rings. The van der Waals surface area contributed by atoms with E-state index >= 15 is 0 Å². The summed E-state index contributed by atoms with van der Waals surface area (Å²) >= 11 is 0. The number of benzene rings is 1. The van der Waals surface area contributed by atoms with Crippen LogP contribution in [0.25, 0.3) is 10.9 Å². The largest absolute Gasteiger partial charge is 0.255 e. The van der Waals surface area contributed by atoms with E-state index < -0.39 is 0 Å². The van der Waals surface area contributed by atoms with Gasteiger partial charge >= 0.3 is 0 Å².